The lowest BCUT2D eigenvalue weighted by molar-refractivity contribution is 0.0899. The van der Waals surface area contributed by atoms with Crippen molar-refractivity contribution in [3.63, 3.8) is 0 Å². The molecule has 1 amide bonds. The second kappa shape index (κ2) is 5.33. The number of nitrogens with one attached hydrogen (secondary N) is 2. The molecule has 1 saturated carbocycles. The van der Waals surface area contributed by atoms with E-state index in [9.17, 15) is 4.79 Å². The van der Waals surface area contributed by atoms with Gasteiger partial charge in [0.1, 0.15) is 0 Å². The molecule has 0 atom stereocenters. The molecule has 0 spiro atoms. The molecule has 1 aliphatic carbocycles. The number of carbonyl (C=O) groups excluding carboxylic acids is 1. The maximum atomic E-state index is 12.3. The van der Waals surface area contributed by atoms with Gasteiger partial charge in [-0.25, -0.2) is 0 Å². The van der Waals surface area contributed by atoms with E-state index in [1.807, 2.05) is 13.8 Å². The van der Waals surface area contributed by atoms with Gasteiger partial charge in [0.15, 0.2) is 0 Å². The molecule has 0 saturated heterocycles. The maximum Gasteiger partial charge on any atom is 0.255 e. The van der Waals surface area contributed by atoms with Crippen molar-refractivity contribution in [2.75, 3.05) is 20.6 Å². The van der Waals surface area contributed by atoms with Gasteiger partial charge in [-0.3, -0.25) is 9.89 Å². The molecule has 106 valence electrons. The Kier molecular flexibility index (Phi) is 3.94. The molecule has 1 heterocycles. The molecular formula is C14H24N4O. The number of aromatic nitrogens is 2. The fourth-order valence-corrected chi connectivity index (χ4v) is 3.03. The first-order chi connectivity index (χ1) is 8.96. The van der Waals surface area contributed by atoms with Gasteiger partial charge in [0, 0.05) is 17.8 Å². The molecule has 1 aromatic rings. The van der Waals surface area contributed by atoms with Crippen LogP contribution in [0, 0.1) is 13.8 Å². The molecule has 5 heteroatoms. The van der Waals surface area contributed by atoms with E-state index >= 15 is 0 Å². The van der Waals surface area contributed by atoms with Gasteiger partial charge in [-0.15, -0.1) is 0 Å². The molecule has 0 aromatic carbocycles. The van der Waals surface area contributed by atoms with Crippen LogP contribution < -0.4 is 5.32 Å². The van der Waals surface area contributed by atoms with E-state index in [4.69, 9.17) is 0 Å². The minimum absolute atomic E-state index is 0.0168. The summed E-state index contributed by atoms with van der Waals surface area (Å²) in [5.41, 5.74) is 2.41. The Balaban J connectivity index is 2.04. The number of carbonyl (C=O) groups is 1. The van der Waals surface area contributed by atoms with Crippen molar-refractivity contribution in [2.24, 2.45) is 0 Å². The summed E-state index contributed by atoms with van der Waals surface area (Å²) in [6, 6.07) is 0. The van der Waals surface area contributed by atoms with Gasteiger partial charge in [-0.2, -0.15) is 5.10 Å². The summed E-state index contributed by atoms with van der Waals surface area (Å²) >= 11 is 0. The second-order valence-corrected chi connectivity index (χ2v) is 5.82. The number of rotatable bonds is 4. The summed E-state index contributed by atoms with van der Waals surface area (Å²) in [6.07, 6.45) is 4.81. The average Bonchev–Trinajstić information content (AvgIpc) is 2.95. The topological polar surface area (TPSA) is 61.0 Å². The van der Waals surface area contributed by atoms with Crippen molar-refractivity contribution in [2.45, 2.75) is 45.1 Å². The molecule has 19 heavy (non-hydrogen) atoms. The SMILES string of the molecule is Cc1n[nH]c(C)c1C(=O)NCC1(N(C)C)CCCC1. The Labute approximate surface area is 114 Å². The van der Waals surface area contributed by atoms with E-state index < -0.39 is 0 Å². The van der Waals surface area contributed by atoms with Gasteiger partial charge in [-0.05, 0) is 40.8 Å². The molecule has 0 unspecified atom stereocenters. The van der Waals surface area contributed by atoms with Crippen LogP contribution in [-0.2, 0) is 0 Å². The van der Waals surface area contributed by atoms with Crippen molar-refractivity contribution in [1.82, 2.24) is 20.4 Å². The molecule has 2 N–H and O–H groups in total. The second-order valence-electron chi connectivity index (χ2n) is 5.82. The maximum absolute atomic E-state index is 12.3. The first kappa shape index (κ1) is 14.1. The average molecular weight is 264 g/mol. The summed E-state index contributed by atoms with van der Waals surface area (Å²) in [7, 11) is 4.21. The first-order valence-electron chi connectivity index (χ1n) is 6.93. The summed E-state index contributed by atoms with van der Waals surface area (Å²) in [4.78, 5) is 14.5. The van der Waals surface area contributed by atoms with Crippen molar-refractivity contribution >= 4 is 5.91 Å². The predicted molar refractivity (Wildman–Crippen MR) is 75.3 cm³/mol. The predicted octanol–water partition coefficient (Wildman–Crippen LogP) is 1.63. The molecule has 0 bridgehead atoms. The van der Waals surface area contributed by atoms with Crippen LogP contribution in [0.2, 0.25) is 0 Å². The van der Waals surface area contributed by atoms with E-state index in [0.29, 0.717) is 12.1 Å². The van der Waals surface area contributed by atoms with Gasteiger partial charge in [0.25, 0.3) is 5.91 Å². The van der Waals surface area contributed by atoms with E-state index in [0.717, 1.165) is 24.2 Å². The molecule has 1 aromatic heterocycles. The molecule has 1 fully saturated rings. The Bertz CT molecular complexity index is 439. The Morgan fingerprint density at radius 3 is 2.47 bits per heavy atom. The lowest BCUT2D eigenvalue weighted by Gasteiger charge is -2.36. The van der Waals surface area contributed by atoms with E-state index in [-0.39, 0.29) is 11.4 Å². The zero-order valence-corrected chi connectivity index (χ0v) is 12.3. The third kappa shape index (κ3) is 2.66. The van der Waals surface area contributed by atoms with Gasteiger partial charge < -0.3 is 10.2 Å². The Morgan fingerprint density at radius 2 is 2.00 bits per heavy atom. The van der Waals surface area contributed by atoms with Crippen LogP contribution in [0.3, 0.4) is 0 Å². The van der Waals surface area contributed by atoms with E-state index in [2.05, 4.69) is 34.5 Å². The van der Waals surface area contributed by atoms with Gasteiger partial charge in [0.2, 0.25) is 0 Å². The van der Waals surface area contributed by atoms with Gasteiger partial charge in [0.05, 0.1) is 11.3 Å². The lowest BCUT2D eigenvalue weighted by atomic mass is 9.96. The minimum Gasteiger partial charge on any atom is -0.350 e. The minimum atomic E-state index is -0.0168. The van der Waals surface area contributed by atoms with Crippen molar-refractivity contribution < 1.29 is 4.79 Å². The van der Waals surface area contributed by atoms with Crippen LogP contribution in [-0.4, -0.2) is 47.2 Å². The fraction of sp³-hybridized carbons (Fsp3) is 0.714. The van der Waals surface area contributed by atoms with Crippen LogP contribution in [0.15, 0.2) is 0 Å². The quantitative estimate of drug-likeness (QED) is 0.869. The lowest BCUT2D eigenvalue weighted by Crippen LogP contribution is -2.50. The summed E-state index contributed by atoms with van der Waals surface area (Å²) < 4.78 is 0. The summed E-state index contributed by atoms with van der Waals surface area (Å²) in [6.45, 7) is 4.45. The van der Waals surface area contributed by atoms with Crippen LogP contribution >= 0.6 is 0 Å². The van der Waals surface area contributed by atoms with Gasteiger partial charge >= 0.3 is 0 Å². The van der Waals surface area contributed by atoms with E-state index in [1.165, 1.54) is 12.8 Å². The molecule has 0 aliphatic heterocycles. The molecular weight excluding hydrogens is 240 g/mol. The fourth-order valence-electron chi connectivity index (χ4n) is 3.03. The van der Waals surface area contributed by atoms with Crippen molar-refractivity contribution in [1.29, 1.82) is 0 Å². The standard InChI is InChI=1S/C14H24N4O/c1-10-12(11(2)17-16-10)13(19)15-9-14(18(3)4)7-5-6-8-14/h5-9H2,1-4H3,(H,15,19)(H,16,17). The highest BCUT2D eigenvalue weighted by Gasteiger charge is 2.36. The molecule has 2 rings (SSSR count). The third-order valence-electron chi connectivity index (χ3n) is 4.42. The Hall–Kier alpha value is -1.36. The largest absolute Gasteiger partial charge is 0.350 e. The molecule has 5 nitrogen and oxygen atoms in total. The zero-order chi connectivity index (χ0) is 14.0. The smallest absolute Gasteiger partial charge is 0.255 e. The third-order valence-corrected chi connectivity index (χ3v) is 4.42. The number of hydrogen-bond donors (Lipinski definition) is 2. The number of hydrogen-bond acceptors (Lipinski definition) is 3. The molecule has 1 aliphatic rings. The highest BCUT2D eigenvalue weighted by Crippen LogP contribution is 2.33. The molecule has 0 radical (unpaired) electrons. The number of aromatic amines is 1. The summed E-state index contributed by atoms with van der Waals surface area (Å²) in [5, 5.41) is 10.0. The van der Waals surface area contributed by atoms with Crippen LogP contribution in [0.5, 0.6) is 0 Å². The Morgan fingerprint density at radius 1 is 1.37 bits per heavy atom. The van der Waals surface area contributed by atoms with Crippen molar-refractivity contribution in [3.8, 4) is 0 Å². The number of H-pyrrole nitrogens is 1. The highest BCUT2D eigenvalue weighted by molar-refractivity contribution is 5.96. The van der Waals surface area contributed by atoms with Gasteiger partial charge in [-0.1, -0.05) is 12.8 Å². The normalized spacial score (nSPS) is 17.9. The number of nitrogens with zero attached hydrogens (tertiary/aromatic N) is 2. The monoisotopic (exact) mass is 264 g/mol. The first-order valence-corrected chi connectivity index (χ1v) is 6.93. The summed E-state index contributed by atoms with van der Waals surface area (Å²) in [5.74, 6) is -0.0168. The van der Waals surface area contributed by atoms with E-state index in [1.54, 1.807) is 0 Å². The van der Waals surface area contributed by atoms with Crippen LogP contribution in [0.4, 0.5) is 0 Å². The zero-order valence-electron chi connectivity index (χ0n) is 12.3. The number of aryl methyl sites for hydroxylation is 2. The highest BCUT2D eigenvalue weighted by atomic mass is 16.1. The number of likely N-dealkylation sites (N-methyl/N-ethyl adjacent to an activating group) is 1. The van der Waals surface area contributed by atoms with Crippen LogP contribution in [0.25, 0.3) is 0 Å². The van der Waals surface area contributed by atoms with Crippen LogP contribution in [0.1, 0.15) is 47.4 Å². The van der Waals surface area contributed by atoms with Crippen molar-refractivity contribution in [3.05, 3.63) is 17.0 Å². The number of amides is 1.